The van der Waals surface area contributed by atoms with Gasteiger partial charge in [-0.2, -0.15) is 5.06 Å². The maximum absolute atomic E-state index is 12.5. The van der Waals surface area contributed by atoms with Crippen LogP contribution in [0.25, 0.3) is 0 Å². The maximum atomic E-state index is 12.5. The highest BCUT2D eigenvalue weighted by Crippen LogP contribution is 2.42. The van der Waals surface area contributed by atoms with Crippen LogP contribution in [0.1, 0.15) is 45.9 Å². The number of nitrogens with zero attached hydrogens (tertiary/aromatic N) is 2. The first-order valence-corrected chi connectivity index (χ1v) is 11.6. The smallest absolute Gasteiger partial charge is 0.330 e. The van der Waals surface area contributed by atoms with Crippen molar-refractivity contribution in [1.29, 1.82) is 0 Å². The summed E-state index contributed by atoms with van der Waals surface area (Å²) in [6.07, 6.45) is 0.201. The molecule has 10 nitrogen and oxygen atoms in total. The van der Waals surface area contributed by atoms with E-state index in [-0.39, 0.29) is 12.1 Å². The number of hydrogen-bond donors (Lipinski definition) is 1. The summed E-state index contributed by atoms with van der Waals surface area (Å²) in [5.74, 6) is -1.52. The minimum absolute atomic E-state index is 0.247. The van der Waals surface area contributed by atoms with Gasteiger partial charge in [0.25, 0.3) is 5.56 Å². The third-order valence-corrected chi connectivity index (χ3v) is 6.35. The van der Waals surface area contributed by atoms with Crippen LogP contribution in [0.4, 0.5) is 0 Å². The van der Waals surface area contributed by atoms with Crippen LogP contribution in [0.5, 0.6) is 0 Å². The van der Waals surface area contributed by atoms with Gasteiger partial charge in [-0.15, -0.1) is 0 Å². The summed E-state index contributed by atoms with van der Waals surface area (Å²) in [7, 11) is 0. The Balaban J connectivity index is 1.46. The summed E-state index contributed by atoms with van der Waals surface area (Å²) in [5.41, 5.74) is 0.0816. The molecule has 5 atom stereocenters. The van der Waals surface area contributed by atoms with Gasteiger partial charge in [-0.05, 0) is 33.3 Å². The molecule has 0 radical (unpaired) electrons. The maximum Gasteiger partial charge on any atom is 0.330 e. The van der Waals surface area contributed by atoms with Gasteiger partial charge in [0.1, 0.15) is 18.3 Å². The van der Waals surface area contributed by atoms with Crippen molar-refractivity contribution in [3.63, 3.8) is 0 Å². The molecule has 3 saturated heterocycles. The Hall–Kier alpha value is -2.34. The van der Waals surface area contributed by atoms with Crippen LogP contribution in [0.2, 0.25) is 0 Å². The molecular weight excluding hydrogens is 442 g/mol. The topological polar surface area (TPSA) is 104 Å². The van der Waals surface area contributed by atoms with Gasteiger partial charge in [-0.25, -0.2) is 4.79 Å². The number of H-pyrrole nitrogens is 1. The lowest BCUT2D eigenvalue weighted by atomic mass is 9.98. The fourth-order valence-corrected chi connectivity index (χ4v) is 4.92. The molecule has 1 aromatic heterocycles. The van der Waals surface area contributed by atoms with Crippen molar-refractivity contribution >= 4 is 0 Å². The third-order valence-electron chi connectivity index (χ3n) is 6.35. The molecular formula is C24H31N3O7. The molecule has 1 aromatic carbocycles. The molecule has 3 aliphatic rings. The van der Waals surface area contributed by atoms with E-state index >= 15 is 0 Å². The lowest BCUT2D eigenvalue weighted by Gasteiger charge is -2.31. The Bertz CT molecular complexity index is 1130. The molecule has 3 aliphatic heterocycles. The van der Waals surface area contributed by atoms with E-state index in [1.807, 2.05) is 63.1 Å². The van der Waals surface area contributed by atoms with Gasteiger partial charge < -0.3 is 18.9 Å². The Morgan fingerprint density at radius 1 is 0.971 bits per heavy atom. The largest absolute Gasteiger partial charge is 0.348 e. The zero-order valence-electron chi connectivity index (χ0n) is 19.8. The van der Waals surface area contributed by atoms with Crippen molar-refractivity contribution in [2.75, 3.05) is 6.61 Å². The highest BCUT2D eigenvalue weighted by molar-refractivity contribution is 5.15. The number of hydroxylamine groups is 2. The molecule has 1 N–H and O–H groups in total. The van der Waals surface area contributed by atoms with Gasteiger partial charge in [0.2, 0.25) is 0 Å². The molecule has 10 heteroatoms. The van der Waals surface area contributed by atoms with E-state index in [0.717, 1.165) is 5.56 Å². The second-order valence-corrected chi connectivity index (χ2v) is 9.87. The van der Waals surface area contributed by atoms with E-state index in [1.165, 1.54) is 16.8 Å². The quantitative estimate of drug-likeness (QED) is 0.703. The van der Waals surface area contributed by atoms with E-state index in [0.29, 0.717) is 19.6 Å². The zero-order chi connectivity index (χ0) is 24.1. The van der Waals surface area contributed by atoms with Crippen LogP contribution < -0.4 is 11.2 Å². The molecule has 34 heavy (non-hydrogen) atoms. The van der Waals surface area contributed by atoms with Crippen molar-refractivity contribution in [2.24, 2.45) is 0 Å². The predicted molar refractivity (Wildman–Crippen MR) is 121 cm³/mol. The second-order valence-electron chi connectivity index (χ2n) is 9.87. The van der Waals surface area contributed by atoms with Crippen molar-refractivity contribution in [1.82, 2.24) is 14.6 Å². The number of hydrogen-bond acceptors (Lipinski definition) is 8. The van der Waals surface area contributed by atoms with Crippen molar-refractivity contribution in [3.8, 4) is 0 Å². The molecule has 184 valence electrons. The first kappa shape index (κ1) is 23.4. The standard InChI is InChI=1S/C24H31N3O7/c1-23(2)30-14-17(31-23)21-20(32-24(3,4)33-21)16-12-19(26-11-10-18(28)25-22(26)29)34-27(16)13-15-8-6-5-7-9-15/h5-11,16-17,19-21H,12-14H2,1-4H3,(H,25,28,29)/t16-,17+,19+,20-,21-/m0/s1. The zero-order valence-corrected chi connectivity index (χ0v) is 19.8. The van der Waals surface area contributed by atoms with Crippen LogP contribution in [-0.2, 0) is 30.3 Å². The highest BCUT2D eigenvalue weighted by Gasteiger charge is 2.55. The Labute approximate surface area is 197 Å². The molecule has 2 aromatic rings. The van der Waals surface area contributed by atoms with E-state index in [4.69, 9.17) is 23.8 Å². The Morgan fingerprint density at radius 3 is 2.38 bits per heavy atom. The normalized spacial score (nSPS) is 32.9. The molecule has 0 saturated carbocycles. The van der Waals surface area contributed by atoms with Gasteiger partial charge in [0.05, 0.1) is 12.6 Å². The number of aromatic amines is 1. The molecule has 5 rings (SSSR count). The van der Waals surface area contributed by atoms with Crippen LogP contribution in [0.3, 0.4) is 0 Å². The van der Waals surface area contributed by atoms with Crippen LogP contribution in [0.15, 0.2) is 52.2 Å². The molecule has 4 heterocycles. The second kappa shape index (κ2) is 8.71. The summed E-state index contributed by atoms with van der Waals surface area (Å²) >= 11 is 0. The van der Waals surface area contributed by atoms with Crippen LogP contribution >= 0.6 is 0 Å². The fourth-order valence-electron chi connectivity index (χ4n) is 4.92. The number of benzene rings is 1. The van der Waals surface area contributed by atoms with Crippen molar-refractivity contribution in [2.45, 2.75) is 82.8 Å². The minimum Gasteiger partial charge on any atom is -0.348 e. The number of nitrogens with one attached hydrogen (secondary N) is 1. The lowest BCUT2D eigenvalue weighted by molar-refractivity contribution is -0.210. The number of aromatic nitrogens is 2. The van der Waals surface area contributed by atoms with Crippen LogP contribution in [0, 0.1) is 0 Å². The van der Waals surface area contributed by atoms with E-state index in [2.05, 4.69) is 4.98 Å². The molecule has 0 amide bonds. The molecule has 0 bridgehead atoms. The lowest BCUT2D eigenvalue weighted by Crippen LogP contribution is -2.48. The third kappa shape index (κ3) is 4.74. The molecule has 0 unspecified atom stereocenters. The first-order valence-electron chi connectivity index (χ1n) is 11.6. The van der Waals surface area contributed by atoms with Gasteiger partial charge in [0, 0.05) is 25.2 Å². The SMILES string of the molecule is CC1(C)O[C@@H]([C@H]2COC(C)(C)O2)[C@H]([C@@H]2C[C@H](n3ccc(=O)[nH]c3=O)ON2Cc2ccccc2)O1. The van der Waals surface area contributed by atoms with Gasteiger partial charge in [0.15, 0.2) is 17.8 Å². The van der Waals surface area contributed by atoms with E-state index < -0.39 is 41.3 Å². The minimum atomic E-state index is -0.823. The number of ether oxygens (including phenoxy) is 4. The van der Waals surface area contributed by atoms with Gasteiger partial charge in [-0.1, -0.05) is 30.3 Å². The average molecular weight is 474 g/mol. The monoisotopic (exact) mass is 473 g/mol. The summed E-state index contributed by atoms with van der Waals surface area (Å²) in [6.45, 7) is 8.39. The Kier molecular flexibility index (Phi) is 5.99. The summed E-state index contributed by atoms with van der Waals surface area (Å²) < 4.78 is 26.0. The number of rotatable bonds is 5. The average Bonchev–Trinajstić information content (AvgIpc) is 3.43. The van der Waals surface area contributed by atoms with E-state index in [1.54, 1.807) is 0 Å². The van der Waals surface area contributed by atoms with Crippen molar-refractivity contribution in [3.05, 3.63) is 69.0 Å². The Morgan fingerprint density at radius 2 is 1.71 bits per heavy atom. The van der Waals surface area contributed by atoms with Crippen molar-refractivity contribution < 1.29 is 23.8 Å². The van der Waals surface area contributed by atoms with Gasteiger partial charge in [-0.3, -0.25) is 19.2 Å². The fraction of sp³-hybridized carbons (Fsp3) is 0.583. The predicted octanol–water partition coefficient (Wildman–Crippen LogP) is 1.91. The summed E-state index contributed by atoms with van der Waals surface area (Å²) in [4.78, 5) is 32.6. The van der Waals surface area contributed by atoms with Crippen LogP contribution in [-0.4, -0.2) is 57.1 Å². The molecule has 0 aliphatic carbocycles. The highest BCUT2D eigenvalue weighted by atomic mass is 16.8. The molecule has 3 fully saturated rings. The first-order chi connectivity index (χ1) is 16.1. The van der Waals surface area contributed by atoms with Gasteiger partial charge >= 0.3 is 5.69 Å². The summed E-state index contributed by atoms with van der Waals surface area (Å²) in [5, 5.41) is 1.85. The summed E-state index contributed by atoms with van der Waals surface area (Å²) in [6, 6.07) is 11.0. The molecule has 0 spiro atoms. The van der Waals surface area contributed by atoms with E-state index in [9.17, 15) is 9.59 Å².